The third-order valence-electron chi connectivity index (χ3n) is 3.88. The lowest BCUT2D eigenvalue weighted by Gasteiger charge is -2.20. The van der Waals surface area contributed by atoms with Crippen molar-refractivity contribution in [2.45, 2.75) is 51.5 Å². The van der Waals surface area contributed by atoms with E-state index in [2.05, 4.69) is 50.4 Å². The van der Waals surface area contributed by atoms with Gasteiger partial charge in [0.15, 0.2) is 0 Å². The van der Waals surface area contributed by atoms with Crippen LogP contribution in [-0.2, 0) is 16.6 Å². The van der Waals surface area contributed by atoms with Crippen LogP contribution in [0.3, 0.4) is 0 Å². The number of hydrogen-bond donors (Lipinski definition) is 2. The number of carbonyl (C=O) groups excluding carboxylic acids is 1. The molecule has 3 heteroatoms. The van der Waals surface area contributed by atoms with Gasteiger partial charge in [-0.25, -0.2) is 0 Å². The van der Waals surface area contributed by atoms with Crippen molar-refractivity contribution in [1.82, 2.24) is 5.32 Å². The standard InChI is InChI=1S/C17H26N2O/c1-17(2,3)14-6-4-12(5-7-14)10-13(11-18)16(20)19-15-8-9-15/h4-7,13,15H,8-11,18H2,1-3H3,(H,19,20). The zero-order valence-corrected chi connectivity index (χ0v) is 12.8. The third-order valence-corrected chi connectivity index (χ3v) is 3.88. The average molecular weight is 274 g/mol. The Morgan fingerprint density at radius 3 is 2.35 bits per heavy atom. The van der Waals surface area contributed by atoms with Crippen LogP contribution in [0.2, 0.25) is 0 Å². The van der Waals surface area contributed by atoms with Gasteiger partial charge in [-0.1, -0.05) is 45.0 Å². The van der Waals surface area contributed by atoms with E-state index in [1.165, 1.54) is 11.1 Å². The molecule has 1 atom stereocenters. The average Bonchev–Trinajstić information content (AvgIpc) is 3.19. The van der Waals surface area contributed by atoms with Gasteiger partial charge >= 0.3 is 0 Å². The summed E-state index contributed by atoms with van der Waals surface area (Å²) < 4.78 is 0. The fourth-order valence-corrected chi connectivity index (χ4v) is 2.26. The van der Waals surface area contributed by atoms with Crippen molar-refractivity contribution < 1.29 is 4.79 Å². The van der Waals surface area contributed by atoms with Crippen LogP contribution in [0, 0.1) is 5.92 Å². The molecule has 20 heavy (non-hydrogen) atoms. The lowest BCUT2D eigenvalue weighted by Crippen LogP contribution is -2.37. The SMILES string of the molecule is CC(C)(C)c1ccc(CC(CN)C(=O)NC2CC2)cc1. The first-order valence-electron chi connectivity index (χ1n) is 7.50. The number of rotatable bonds is 5. The van der Waals surface area contributed by atoms with Gasteiger partial charge in [-0.15, -0.1) is 0 Å². The monoisotopic (exact) mass is 274 g/mol. The molecule has 1 aliphatic rings. The molecule has 0 heterocycles. The second kappa shape index (κ2) is 5.96. The molecule has 1 saturated carbocycles. The van der Waals surface area contributed by atoms with Gasteiger partial charge < -0.3 is 11.1 Å². The molecular weight excluding hydrogens is 248 g/mol. The fraction of sp³-hybridized carbons (Fsp3) is 0.588. The second-order valence-electron chi connectivity index (χ2n) is 6.87. The molecule has 2 rings (SSSR count). The minimum absolute atomic E-state index is 0.106. The van der Waals surface area contributed by atoms with E-state index in [9.17, 15) is 4.79 Å². The molecule has 0 aromatic heterocycles. The molecule has 1 amide bonds. The second-order valence-corrected chi connectivity index (χ2v) is 6.87. The van der Waals surface area contributed by atoms with Crippen molar-refractivity contribution in [3.63, 3.8) is 0 Å². The Balaban J connectivity index is 1.98. The number of carbonyl (C=O) groups is 1. The van der Waals surface area contributed by atoms with Gasteiger partial charge in [0.2, 0.25) is 5.91 Å². The van der Waals surface area contributed by atoms with Gasteiger partial charge in [-0.05, 0) is 35.8 Å². The molecule has 0 bridgehead atoms. The fourth-order valence-electron chi connectivity index (χ4n) is 2.26. The summed E-state index contributed by atoms with van der Waals surface area (Å²) >= 11 is 0. The number of nitrogens with two attached hydrogens (primary N) is 1. The van der Waals surface area contributed by atoms with Crippen molar-refractivity contribution >= 4 is 5.91 Å². The quantitative estimate of drug-likeness (QED) is 0.866. The van der Waals surface area contributed by atoms with Crippen molar-refractivity contribution in [2.75, 3.05) is 6.54 Å². The molecule has 3 N–H and O–H groups in total. The van der Waals surface area contributed by atoms with Crippen molar-refractivity contribution in [2.24, 2.45) is 11.7 Å². The van der Waals surface area contributed by atoms with E-state index in [1.807, 2.05) is 0 Å². The van der Waals surface area contributed by atoms with Gasteiger partial charge in [0.05, 0.1) is 5.92 Å². The van der Waals surface area contributed by atoms with Crippen LogP contribution in [0.4, 0.5) is 0 Å². The number of benzene rings is 1. The highest BCUT2D eigenvalue weighted by molar-refractivity contribution is 5.79. The zero-order valence-electron chi connectivity index (χ0n) is 12.8. The molecule has 1 aromatic rings. The molecule has 1 unspecified atom stereocenters. The van der Waals surface area contributed by atoms with E-state index >= 15 is 0 Å². The van der Waals surface area contributed by atoms with Crippen LogP contribution in [0.5, 0.6) is 0 Å². The van der Waals surface area contributed by atoms with Gasteiger partial charge in [-0.2, -0.15) is 0 Å². The Morgan fingerprint density at radius 1 is 1.30 bits per heavy atom. The van der Waals surface area contributed by atoms with E-state index < -0.39 is 0 Å². The Labute approximate surface area is 121 Å². The van der Waals surface area contributed by atoms with Crippen LogP contribution >= 0.6 is 0 Å². The van der Waals surface area contributed by atoms with Crippen LogP contribution in [0.1, 0.15) is 44.7 Å². The number of hydrogen-bond acceptors (Lipinski definition) is 2. The molecule has 0 radical (unpaired) electrons. The molecule has 0 aliphatic heterocycles. The van der Waals surface area contributed by atoms with Crippen LogP contribution in [0.15, 0.2) is 24.3 Å². The Hall–Kier alpha value is -1.35. The largest absolute Gasteiger partial charge is 0.353 e. The summed E-state index contributed by atoms with van der Waals surface area (Å²) in [5.74, 6) is -0.00835. The van der Waals surface area contributed by atoms with E-state index in [4.69, 9.17) is 5.73 Å². The molecule has 1 fully saturated rings. The van der Waals surface area contributed by atoms with Gasteiger partial charge in [-0.3, -0.25) is 4.79 Å². The van der Waals surface area contributed by atoms with Gasteiger partial charge in [0, 0.05) is 12.6 Å². The normalized spacial score (nSPS) is 16.8. The first-order chi connectivity index (χ1) is 9.40. The zero-order chi connectivity index (χ0) is 14.8. The van der Waals surface area contributed by atoms with Crippen LogP contribution in [-0.4, -0.2) is 18.5 Å². The predicted octanol–water partition coefficient (Wildman–Crippen LogP) is 2.38. The maximum atomic E-state index is 12.1. The van der Waals surface area contributed by atoms with Crippen LogP contribution < -0.4 is 11.1 Å². The molecule has 0 spiro atoms. The summed E-state index contributed by atoms with van der Waals surface area (Å²) in [4.78, 5) is 12.1. The Morgan fingerprint density at radius 2 is 1.90 bits per heavy atom. The highest BCUT2D eigenvalue weighted by atomic mass is 16.2. The minimum Gasteiger partial charge on any atom is -0.353 e. The number of amides is 1. The Kier molecular flexibility index (Phi) is 4.48. The lowest BCUT2D eigenvalue weighted by molar-refractivity contribution is -0.124. The minimum atomic E-state index is -0.115. The molecule has 1 aliphatic carbocycles. The van der Waals surface area contributed by atoms with E-state index in [0.717, 1.165) is 19.3 Å². The first kappa shape index (κ1) is 15.0. The topological polar surface area (TPSA) is 55.1 Å². The van der Waals surface area contributed by atoms with E-state index in [-0.39, 0.29) is 17.2 Å². The molecule has 0 saturated heterocycles. The summed E-state index contributed by atoms with van der Waals surface area (Å²) in [7, 11) is 0. The van der Waals surface area contributed by atoms with Crippen molar-refractivity contribution in [3.05, 3.63) is 35.4 Å². The van der Waals surface area contributed by atoms with Gasteiger partial charge in [0.1, 0.15) is 0 Å². The van der Waals surface area contributed by atoms with Crippen molar-refractivity contribution in [3.8, 4) is 0 Å². The molecular formula is C17H26N2O. The summed E-state index contributed by atoms with van der Waals surface area (Å²) in [5.41, 5.74) is 8.41. The van der Waals surface area contributed by atoms with Gasteiger partial charge in [0.25, 0.3) is 0 Å². The molecule has 3 nitrogen and oxygen atoms in total. The van der Waals surface area contributed by atoms with E-state index in [0.29, 0.717) is 12.6 Å². The molecule has 1 aromatic carbocycles. The summed E-state index contributed by atoms with van der Waals surface area (Å²) in [6.45, 7) is 7.01. The summed E-state index contributed by atoms with van der Waals surface area (Å²) in [6.07, 6.45) is 2.95. The summed E-state index contributed by atoms with van der Waals surface area (Å²) in [5, 5.41) is 3.04. The van der Waals surface area contributed by atoms with E-state index in [1.54, 1.807) is 0 Å². The highest BCUT2D eigenvalue weighted by Crippen LogP contribution is 2.23. The maximum Gasteiger partial charge on any atom is 0.224 e. The number of nitrogens with one attached hydrogen (secondary N) is 1. The third kappa shape index (κ3) is 4.07. The lowest BCUT2D eigenvalue weighted by atomic mass is 9.86. The first-order valence-corrected chi connectivity index (χ1v) is 7.50. The molecule has 110 valence electrons. The predicted molar refractivity (Wildman–Crippen MR) is 82.6 cm³/mol. The summed E-state index contributed by atoms with van der Waals surface area (Å²) in [6, 6.07) is 8.95. The highest BCUT2D eigenvalue weighted by Gasteiger charge is 2.27. The Bertz CT molecular complexity index is 455. The van der Waals surface area contributed by atoms with Crippen LogP contribution in [0.25, 0.3) is 0 Å². The smallest absolute Gasteiger partial charge is 0.224 e. The van der Waals surface area contributed by atoms with Crippen molar-refractivity contribution in [1.29, 1.82) is 0 Å². The maximum absolute atomic E-state index is 12.1.